The van der Waals surface area contributed by atoms with E-state index in [-0.39, 0.29) is 11.9 Å². The van der Waals surface area contributed by atoms with Gasteiger partial charge in [0.15, 0.2) is 0 Å². The summed E-state index contributed by atoms with van der Waals surface area (Å²) >= 11 is 0. The molecule has 0 radical (unpaired) electrons. The van der Waals surface area contributed by atoms with Gasteiger partial charge in [0.25, 0.3) is 5.91 Å². The van der Waals surface area contributed by atoms with E-state index >= 15 is 0 Å². The van der Waals surface area contributed by atoms with Crippen LogP contribution in [0.2, 0.25) is 0 Å². The average molecular weight is 216 g/mol. The van der Waals surface area contributed by atoms with Crippen molar-refractivity contribution in [3.8, 4) is 0 Å². The number of aliphatic hydroxyl groups is 1. The fourth-order valence-corrected chi connectivity index (χ4v) is 1.63. The number of hydrogen-bond donors (Lipinski definition) is 1. The molecule has 1 atom stereocenters. The van der Waals surface area contributed by atoms with Gasteiger partial charge in [-0.1, -0.05) is 0 Å². The van der Waals surface area contributed by atoms with Crippen molar-refractivity contribution < 1.29 is 9.90 Å². The molecule has 0 saturated carbocycles. The summed E-state index contributed by atoms with van der Waals surface area (Å²) in [6, 6.07) is 0.115. The van der Waals surface area contributed by atoms with Crippen LogP contribution in [0.4, 0.5) is 0 Å². The Kier molecular flexibility index (Phi) is 5.24. The smallest absolute Gasteiger partial charge is 0.254 e. The van der Waals surface area contributed by atoms with Crippen molar-refractivity contribution in [1.29, 1.82) is 0 Å². The molecule has 0 fully saturated rings. The zero-order valence-electron chi connectivity index (χ0n) is 10.7. The van der Waals surface area contributed by atoms with Crippen LogP contribution in [0.3, 0.4) is 0 Å². The lowest BCUT2D eigenvalue weighted by Crippen LogP contribution is -2.51. The van der Waals surface area contributed by atoms with E-state index in [9.17, 15) is 9.90 Å². The molecule has 0 rings (SSSR count). The second-order valence-electron chi connectivity index (χ2n) is 4.76. The van der Waals surface area contributed by atoms with E-state index < -0.39 is 5.60 Å². The fourth-order valence-electron chi connectivity index (χ4n) is 1.63. The molecule has 0 saturated heterocycles. The molecule has 4 nitrogen and oxygen atoms in total. The molecule has 0 heterocycles. The maximum Gasteiger partial charge on any atom is 0.254 e. The van der Waals surface area contributed by atoms with E-state index in [0.29, 0.717) is 6.54 Å². The number of amides is 1. The fraction of sp³-hybridized carbons (Fsp3) is 0.909. The first-order chi connectivity index (χ1) is 6.70. The molecule has 0 aromatic carbocycles. The summed E-state index contributed by atoms with van der Waals surface area (Å²) in [5, 5.41) is 9.67. The molecule has 4 heteroatoms. The lowest BCUT2D eigenvalue weighted by atomic mass is 10.1. The highest BCUT2D eigenvalue weighted by Crippen LogP contribution is 2.11. The van der Waals surface area contributed by atoms with Crippen LogP contribution in [0.25, 0.3) is 0 Å². The molecule has 0 aliphatic heterocycles. The van der Waals surface area contributed by atoms with Gasteiger partial charge in [0.2, 0.25) is 0 Å². The predicted octanol–water partition coefficient (Wildman–Crippen LogP) is 0.556. The highest BCUT2D eigenvalue weighted by atomic mass is 16.3. The minimum atomic E-state index is -1.28. The zero-order chi connectivity index (χ0) is 12.2. The second-order valence-corrected chi connectivity index (χ2v) is 4.76. The van der Waals surface area contributed by atoms with Gasteiger partial charge in [-0.2, -0.15) is 0 Å². The summed E-state index contributed by atoms with van der Waals surface area (Å²) in [6.45, 7) is 8.40. The monoisotopic (exact) mass is 216 g/mol. The highest BCUT2D eigenvalue weighted by Gasteiger charge is 2.31. The Morgan fingerprint density at radius 2 is 1.87 bits per heavy atom. The third-order valence-electron chi connectivity index (χ3n) is 2.29. The molecule has 15 heavy (non-hydrogen) atoms. The number of rotatable bonds is 5. The Balaban J connectivity index is 4.55. The van der Waals surface area contributed by atoms with E-state index in [1.165, 1.54) is 13.8 Å². The van der Waals surface area contributed by atoms with E-state index in [0.717, 1.165) is 6.54 Å². The van der Waals surface area contributed by atoms with Gasteiger partial charge in [0.1, 0.15) is 5.60 Å². The molecule has 90 valence electrons. The van der Waals surface area contributed by atoms with Crippen molar-refractivity contribution in [3.63, 3.8) is 0 Å². The number of nitrogens with zero attached hydrogens (tertiary/aromatic N) is 2. The van der Waals surface area contributed by atoms with Gasteiger partial charge in [-0.25, -0.2) is 0 Å². The normalized spacial score (nSPS) is 14.1. The summed E-state index contributed by atoms with van der Waals surface area (Å²) < 4.78 is 0. The number of likely N-dealkylation sites (N-methyl/N-ethyl adjacent to an activating group) is 2. The third-order valence-corrected chi connectivity index (χ3v) is 2.29. The Labute approximate surface area is 92.9 Å². The predicted molar refractivity (Wildman–Crippen MR) is 61.7 cm³/mol. The van der Waals surface area contributed by atoms with Crippen LogP contribution >= 0.6 is 0 Å². The number of carbonyl (C=O) groups excluding carboxylic acids is 1. The van der Waals surface area contributed by atoms with Crippen LogP contribution in [0.5, 0.6) is 0 Å². The van der Waals surface area contributed by atoms with Crippen molar-refractivity contribution in [1.82, 2.24) is 9.80 Å². The molecule has 0 aromatic rings. The second kappa shape index (κ2) is 5.47. The van der Waals surface area contributed by atoms with Gasteiger partial charge in [-0.3, -0.25) is 4.79 Å². The lowest BCUT2D eigenvalue weighted by Gasteiger charge is -2.34. The molecular formula is C11H24N2O2. The molecular weight excluding hydrogens is 192 g/mol. The SMILES string of the molecule is CCN(C(=O)C(C)(C)O)C(C)CN(C)C. The largest absolute Gasteiger partial charge is 0.381 e. The maximum absolute atomic E-state index is 11.9. The van der Waals surface area contributed by atoms with Crippen LogP contribution < -0.4 is 0 Å². The minimum Gasteiger partial charge on any atom is -0.381 e. The third kappa shape index (κ3) is 4.62. The van der Waals surface area contributed by atoms with Crippen molar-refractivity contribution in [3.05, 3.63) is 0 Å². The standard InChI is InChI=1S/C11H24N2O2/c1-7-13(9(2)8-12(5)6)10(14)11(3,4)15/h9,15H,7-8H2,1-6H3. The summed E-state index contributed by atoms with van der Waals surface area (Å²) in [5.41, 5.74) is -1.28. The first-order valence-electron chi connectivity index (χ1n) is 5.38. The quantitative estimate of drug-likeness (QED) is 0.730. The van der Waals surface area contributed by atoms with Gasteiger partial charge in [0.05, 0.1) is 0 Å². The van der Waals surface area contributed by atoms with E-state index in [1.54, 1.807) is 4.90 Å². The molecule has 0 aliphatic rings. The van der Waals surface area contributed by atoms with E-state index in [1.807, 2.05) is 32.8 Å². The van der Waals surface area contributed by atoms with Crippen LogP contribution in [-0.2, 0) is 4.79 Å². The van der Waals surface area contributed by atoms with Gasteiger partial charge in [0, 0.05) is 19.1 Å². The topological polar surface area (TPSA) is 43.8 Å². The molecule has 1 unspecified atom stereocenters. The summed E-state index contributed by atoms with van der Waals surface area (Å²) in [4.78, 5) is 15.6. The molecule has 0 aliphatic carbocycles. The van der Waals surface area contributed by atoms with Gasteiger partial charge >= 0.3 is 0 Å². The number of hydrogen-bond acceptors (Lipinski definition) is 3. The summed E-state index contributed by atoms with van der Waals surface area (Å²) in [5.74, 6) is -0.209. The van der Waals surface area contributed by atoms with Crippen molar-refractivity contribution in [2.24, 2.45) is 0 Å². The van der Waals surface area contributed by atoms with Crippen LogP contribution in [-0.4, -0.2) is 59.6 Å². The Morgan fingerprint density at radius 3 is 2.13 bits per heavy atom. The Morgan fingerprint density at radius 1 is 1.40 bits per heavy atom. The lowest BCUT2D eigenvalue weighted by molar-refractivity contribution is -0.150. The minimum absolute atomic E-state index is 0.115. The zero-order valence-corrected chi connectivity index (χ0v) is 10.7. The first-order valence-corrected chi connectivity index (χ1v) is 5.38. The van der Waals surface area contributed by atoms with Crippen molar-refractivity contribution >= 4 is 5.91 Å². The number of carbonyl (C=O) groups is 1. The van der Waals surface area contributed by atoms with Gasteiger partial charge in [-0.15, -0.1) is 0 Å². The van der Waals surface area contributed by atoms with Crippen LogP contribution in [0.1, 0.15) is 27.7 Å². The molecule has 0 spiro atoms. The summed E-state index contributed by atoms with van der Waals surface area (Å²) in [6.07, 6.45) is 0. The molecule has 1 N–H and O–H groups in total. The maximum atomic E-state index is 11.9. The molecule has 0 aromatic heterocycles. The van der Waals surface area contributed by atoms with Crippen molar-refractivity contribution in [2.75, 3.05) is 27.2 Å². The average Bonchev–Trinajstić information content (AvgIpc) is 2.01. The molecule has 1 amide bonds. The van der Waals surface area contributed by atoms with E-state index in [4.69, 9.17) is 0 Å². The van der Waals surface area contributed by atoms with Gasteiger partial charge < -0.3 is 14.9 Å². The van der Waals surface area contributed by atoms with E-state index in [2.05, 4.69) is 0 Å². The Hall–Kier alpha value is -0.610. The van der Waals surface area contributed by atoms with Crippen molar-refractivity contribution in [2.45, 2.75) is 39.3 Å². The van der Waals surface area contributed by atoms with Crippen LogP contribution in [0.15, 0.2) is 0 Å². The van der Waals surface area contributed by atoms with Gasteiger partial charge in [-0.05, 0) is 41.8 Å². The van der Waals surface area contributed by atoms with Crippen LogP contribution in [0, 0.1) is 0 Å². The summed E-state index contributed by atoms with van der Waals surface area (Å²) in [7, 11) is 3.94. The molecule has 0 bridgehead atoms. The Bertz CT molecular complexity index is 209. The first kappa shape index (κ1) is 14.4. The highest BCUT2D eigenvalue weighted by molar-refractivity contribution is 5.84.